The van der Waals surface area contributed by atoms with Gasteiger partial charge < -0.3 is 13.7 Å². The van der Waals surface area contributed by atoms with Gasteiger partial charge in [0.05, 0.1) is 11.8 Å². The number of methoxy groups -OCH3 is 1. The Balaban J connectivity index is 1.74. The number of fused-ring (bicyclic) bond motifs is 4. The highest BCUT2D eigenvalue weighted by atomic mass is 32.1. The highest BCUT2D eigenvalue weighted by Crippen LogP contribution is 2.30. The van der Waals surface area contributed by atoms with Gasteiger partial charge >= 0.3 is 5.63 Å². The number of aromatic nitrogens is 1. The first-order valence-electron chi connectivity index (χ1n) is 10.2. The van der Waals surface area contributed by atoms with Gasteiger partial charge in [-0.2, -0.15) is 4.99 Å². The van der Waals surface area contributed by atoms with Crippen molar-refractivity contribution in [3.63, 3.8) is 0 Å². The lowest BCUT2D eigenvalue weighted by Gasteiger charge is -2.07. The molecule has 0 unspecified atom stereocenters. The Morgan fingerprint density at radius 2 is 1.94 bits per heavy atom. The number of rotatable bonds is 3. The number of hydrogen-bond donors (Lipinski definition) is 0. The SMILES string of the molecule is CCn1c(=NC(=O)c2cc3c(ccc4ccccc43)oc2=O)sc2c(C)ccc(OC)c21. The third-order valence-corrected chi connectivity index (χ3v) is 6.80. The number of aryl methyl sites for hydroxylation is 2. The molecule has 0 saturated carbocycles. The van der Waals surface area contributed by atoms with Crippen molar-refractivity contribution in [1.29, 1.82) is 0 Å². The average molecular weight is 445 g/mol. The van der Waals surface area contributed by atoms with Gasteiger partial charge in [0.15, 0.2) is 4.80 Å². The van der Waals surface area contributed by atoms with E-state index in [1.807, 2.05) is 60.9 Å². The van der Waals surface area contributed by atoms with Gasteiger partial charge in [0.1, 0.15) is 22.4 Å². The molecule has 7 heteroatoms. The van der Waals surface area contributed by atoms with E-state index in [1.54, 1.807) is 19.2 Å². The largest absolute Gasteiger partial charge is 0.495 e. The monoisotopic (exact) mass is 444 g/mol. The van der Waals surface area contributed by atoms with Crippen LogP contribution in [-0.2, 0) is 6.54 Å². The van der Waals surface area contributed by atoms with Crippen molar-refractivity contribution in [1.82, 2.24) is 4.57 Å². The predicted octanol–water partition coefficient (Wildman–Crippen LogP) is 5.04. The number of amides is 1. The van der Waals surface area contributed by atoms with E-state index in [0.717, 1.165) is 26.6 Å². The summed E-state index contributed by atoms with van der Waals surface area (Å²) < 4.78 is 13.9. The van der Waals surface area contributed by atoms with E-state index in [0.29, 0.717) is 28.1 Å². The summed E-state index contributed by atoms with van der Waals surface area (Å²) in [4.78, 5) is 30.6. The van der Waals surface area contributed by atoms with E-state index >= 15 is 0 Å². The lowest BCUT2D eigenvalue weighted by Crippen LogP contribution is -2.19. The minimum Gasteiger partial charge on any atom is -0.495 e. The van der Waals surface area contributed by atoms with Crippen LogP contribution in [0.2, 0.25) is 0 Å². The van der Waals surface area contributed by atoms with Crippen LogP contribution in [0.1, 0.15) is 22.8 Å². The van der Waals surface area contributed by atoms with Crippen molar-refractivity contribution in [2.24, 2.45) is 4.99 Å². The van der Waals surface area contributed by atoms with Gasteiger partial charge in [0, 0.05) is 11.9 Å². The Bertz CT molecular complexity index is 1660. The number of thiazole rings is 1. The zero-order valence-corrected chi connectivity index (χ0v) is 18.7. The maximum absolute atomic E-state index is 13.1. The summed E-state index contributed by atoms with van der Waals surface area (Å²) >= 11 is 1.40. The first kappa shape index (κ1) is 20.2. The maximum atomic E-state index is 13.1. The smallest absolute Gasteiger partial charge is 0.349 e. The van der Waals surface area contributed by atoms with Crippen molar-refractivity contribution in [3.05, 3.63) is 80.9 Å². The molecule has 5 rings (SSSR count). The molecule has 6 nitrogen and oxygen atoms in total. The first-order chi connectivity index (χ1) is 15.5. The van der Waals surface area contributed by atoms with Crippen molar-refractivity contribution >= 4 is 49.2 Å². The molecule has 0 fully saturated rings. The van der Waals surface area contributed by atoms with E-state index in [4.69, 9.17) is 9.15 Å². The summed E-state index contributed by atoms with van der Waals surface area (Å²) in [6.45, 7) is 4.59. The Morgan fingerprint density at radius 1 is 1.12 bits per heavy atom. The molecule has 0 atom stereocenters. The fourth-order valence-corrected chi connectivity index (χ4v) is 5.17. The molecule has 160 valence electrons. The van der Waals surface area contributed by atoms with Gasteiger partial charge in [-0.1, -0.05) is 47.7 Å². The van der Waals surface area contributed by atoms with Crippen molar-refractivity contribution in [2.75, 3.05) is 7.11 Å². The quantitative estimate of drug-likeness (QED) is 0.289. The normalized spacial score (nSPS) is 12.2. The molecule has 0 aliphatic carbocycles. The molecule has 3 aromatic carbocycles. The average Bonchev–Trinajstić information content (AvgIpc) is 3.17. The molecule has 0 N–H and O–H groups in total. The summed E-state index contributed by atoms with van der Waals surface area (Å²) in [5.74, 6) is 0.0910. The third kappa shape index (κ3) is 3.13. The lowest BCUT2D eigenvalue weighted by atomic mass is 10.0. The van der Waals surface area contributed by atoms with Crippen LogP contribution in [0.15, 0.2) is 68.8 Å². The summed E-state index contributed by atoms with van der Waals surface area (Å²) in [6, 6.07) is 16.9. The van der Waals surface area contributed by atoms with Gasteiger partial charge in [-0.05, 0) is 48.4 Å². The van der Waals surface area contributed by atoms with E-state index in [1.165, 1.54) is 11.3 Å². The summed E-state index contributed by atoms with van der Waals surface area (Å²) in [7, 11) is 1.62. The minimum absolute atomic E-state index is 0.0855. The van der Waals surface area contributed by atoms with E-state index in [-0.39, 0.29) is 5.56 Å². The highest BCUT2D eigenvalue weighted by molar-refractivity contribution is 7.16. The van der Waals surface area contributed by atoms with Crippen LogP contribution in [0.25, 0.3) is 32.0 Å². The van der Waals surface area contributed by atoms with Crippen LogP contribution in [0.3, 0.4) is 0 Å². The number of carbonyl (C=O) groups excluding carboxylic acids is 1. The number of benzene rings is 3. The molecular formula is C25H20N2O4S. The molecule has 0 aliphatic rings. The van der Waals surface area contributed by atoms with E-state index < -0.39 is 11.5 Å². The fraction of sp³-hybridized carbons (Fsp3) is 0.160. The molecule has 0 bridgehead atoms. The fourth-order valence-electron chi connectivity index (χ4n) is 3.99. The van der Waals surface area contributed by atoms with Gasteiger partial charge in [-0.25, -0.2) is 4.79 Å². The van der Waals surface area contributed by atoms with E-state index in [9.17, 15) is 9.59 Å². The second-order valence-corrected chi connectivity index (χ2v) is 8.43. The number of carbonyl (C=O) groups is 1. The van der Waals surface area contributed by atoms with E-state index in [2.05, 4.69) is 4.99 Å². The Hall–Kier alpha value is -3.71. The zero-order valence-electron chi connectivity index (χ0n) is 17.8. The molecule has 2 aromatic heterocycles. The van der Waals surface area contributed by atoms with Gasteiger partial charge in [-0.15, -0.1) is 0 Å². The summed E-state index contributed by atoms with van der Waals surface area (Å²) in [5, 5.41) is 2.62. The third-order valence-electron chi connectivity index (χ3n) is 5.59. The molecule has 2 heterocycles. The first-order valence-corrected chi connectivity index (χ1v) is 11.0. The predicted molar refractivity (Wildman–Crippen MR) is 127 cm³/mol. The molecule has 0 spiro atoms. The molecular weight excluding hydrogens is 424 g/mol. The van der Waals surface area contributed by atoms with Crippen LogP contribution in [-0.4, -0.2) is 17.6 Å². The maximum Gasteiger partial charge on any atom is 0.349 e. The van der Waals surface area contributed by atoms with Crippen molar-refractivity contribution in [3.8, 4) is 5.75 Å². The molecule has 0 saturated heterocycles. The lowest BCUT2D eigenvalue weighted by molar-refractivity contribution is 0.0994. The van der Waals surface area contributed by atoms with Crippen LogP contribution >= 0.6 is 11.3 Å². The van der Waals surface area contributed by atoms with Crippen molar-refractivity contribution < 1.29 is 13.9 Å². The second-order valence-electron chi connectivity index (χ2n) is 7.45. The standard InChI is InChI=1S/C25H20N2O4S/c1-4-27-21-20(30-3)11-9-14(2)22(21)32-25(27)26-23(28)18-13-17-16-8-6-5-7-15(16)10-12-19(17)31-24(18)29/h5-13H,4H2,1-3H3. The van der Waals surface area contributed by atoms with Gasteiger partial charge in [0.2, 0.25) is 0 Å². The zero-order chi connectivity index (χ0) is 22.4. The number of ether oxygens (including phenoxy) is 1. The Labute approximate surface area is 187 Å². The Morgan fingerprint density at radius 3 is 2.72 bits per heavy atom. The molecule has 32 heavy (non-hydrogen) atoms. The summed E-state index contributed by atoms with van der Waals surface area (Å²) in [5.41, 5.74) is 1.62. The molecule has 0 radical (unpaired) electrons. The van der Waals surface area contributed by atoms with Crippen LogP contribution in [0.4, 0.5) is 0 Å². The highest BCUT2D eigenvalue weighted by Gasteiger charge is 2.17. The van der Waals surface area contributed by atoms with Gasteiger partial charge in [0.25, 0.3) is 5.91 Å². The molecule has 5 aromatic rings. The topological polar surface area (TPSA) is 73.8 Å². The van der Waals surface area contributed by atoms with Crippen LogP contribution < -0.4 is 15.2 Å². The molecule has 1 amide bonds. The number of nitrogens with zero attached hydrogens (tertiary/aromatic N) is 2. The van der Waals surface area contributed by atoms with Crippen molar-refractivity contribution in [2.45, 2.75) is 20.4 Å². The van der Waals surface area contributed by atoms with Gasteiger partial charge in [-0.3, -0.25) is 4.79 Å². The van der Waals surface area contributed by atoms with Crippen LogP contribution in [0.5, 0.6) is 5.75 Å². The van der Waals surface area contributed by atoms with Crippen LogP contribution in [0, 0.1) is 6.92 Å². The summed E-state index contributed by atoms with van der Waals surface area (Å²) in [6.07, 6.45) is 0. The molecule has 0 aliphatic heterocycles. The minimum atomic E-state index is -0.695. The second kappa shape index (κ2) is 7.76. The Kier molecular flexibility index (Phi) is 4.90. The number of hydrogen-bond acceptors (Lipinski definition) is 5.